The second kappa shape index (κ2) is 11.9. The topological polar surface area (TPSA) is 91.2 Å². The number of carbonyl (C=O) groups excluding carboxylic acids is 1. The normalized spacial score (nSPS) is 21.7. The third kappa shape index (κ3) is 5.44. The average molecular weight is 622 g/mol. The summed E-state index contributed by atoms with van der Waals surface area (Å²) >= 11 is 5.97. The fourth-order valence-electron chi connectivity index (χ4n) is 6.09. The van der Waals surface area contributed by atoms with Crippen molar-refractivity contribution in [3.05, 3.63) is 76.5 Å². The van der Waals surface area contributed by atoms with Gasteiger partial charge in [0.2, 0.25) is 0 Å². The Balaban J connectivity index is 1.10. The van der Waals surface area contributed by atoms with Gasteiger partial charge in [0, 0.05) is 42.9 Å². The van der Waals surface area contributed by atoms with E-state index >= 15 is 0 Å². The van der Waals surface area contributed by atoms with Crippen LogP contribution in [0, 0.1) is 5.82 Å². The Bertz CT molecular complexity index is 1710. The van der Waals surface area contributed by atoms with Gasteiger partial charge in [-0.25, -0.2) is 19.2 Å². The Morgan fingerprint density at radius 2 is 2.02 bits per heavy atom. The summed E-state index contributed by atoms with van der Waals surface area (Å²) in [6, 6.07) is 14.1. The van der Waals surface area contributed by atoms with Crippen LogP contribution in [-0.4, -0.2) is 77.5 Å². The van der Waals surface area contributed by atoms with Crippen molar-refractivity contribution in [2.24, 2.45) is 0 Å². The Morgan fingerprint density at radius 1 is 1.16 bits per heavy atom. The smallest absolute Gasteiger partial charge is 0.356 e. The first kappa shape index (κ1) is 28.8. The van der Waals surface area contributed by atoms with Crippen molar-refractivity contribution in [3.8, 4) is 11.5 Å². The lowest BCUT2D eigenvalue weighted by Crippen LogP contribution is -2.52. The summed E-state index contributed by atoms with van der Waals surface area (Å²) in [7, 11) is 1.35. The highest BCUT2D eigenvalue weighted by Gasteiger charge is 2.32. The van der Waals surface area contributed by atoms with E-state index in [2.05, 4.69) is 26.3 Å². The Morgan fingerprint density at radius 3 is 2.77 bits per heavy atom. The number of pyridine rings is 1. The number of aromatic nitrogens is 3. The van der Waals surface area contributed by atoms with Gasteiger partial charge in [0.05, 0.1) is 32.0 Å². The molecule has 3 atom stereocenters. The number of ether oxygens (including phenoxy) is 4. The molecule has 0 radical (unpaired) electrons. The Kier molecular flexibility index (Phi) is 7.77. The second-order valence-electron chi connectivity index (χ2n) is 11.4. The molecule has 12 heteroatoms. The van der Waals surface area contributed by atoms with Gasteiger partial charge in [-0.3, -0.25) is 4.90 Å². The summed E-state index contributed by atoms with van der Waals surface area (Å²) < 4.78 is 39.9. The van der Waals surface area contributed by atoms with Crippen LogP contribution in [0.15, 0.2) is 48.5 Å². The summed E-state index contributed by atoms with van der Waals surface area (Å²) in [6.07, 6.45) is 0.491. The maximum Gasteiger partial charge on any atom is 0.356 e. The van der Waals surface area contributed by atoms with Crippen molar-refractivity contribution in [1.82, 2.24) is 19.4 Å². The SMILES string of the molecule is COC(=O)c1ccc2nc(CN3CCN(c4cccc5c4O[C@@H](c4ccc(Cl)cc4F)CO5)C[C@@H]3C)n(C[C@@H]3CCO3)c2n1. The zero-order valence-electron chi connectivity index (χ0n) is 24.5. The molecular weight excluding hydrogens is 589 g/mol. The highest BCUT2D eigenvalue weighted by Crippen LogP contribution is 2.44. The monoisotopic (exact) mass is 621 g/mol. The van der Waals surface area contributed by atoms with Crippen molar-refractivity contribution in [2.45, 2.75) is 44.7 Å². The van der Waals surface area contributed by atoms with E-state index in [-0.39, 0.29) is 24.4 Å². The number of nitrogens with zero attached hydrogens (tertiary/aromatic N) is 5. The molecule has 0 aliphatic carbocycles. The summed E-state index contributed by atoms with van der Waals surface area (Å²) in [5.41, 5.74) is 2.98. The number of piperazine rings is 1. The lowest BCUT2D eigenvalue weighted by molar-refractivity contribution is -0.0593. The predicted molar refractivity (Wildman–Crippen MR) is 162 cm³/mol. The van der Waals surface area contributed by atoms with Crippen LogP contribution >= 0.6 is 11.6 Å². The maximum atomic E-state index is 14.7. The number of benzene rings is 2. The van der Waals surface area contributed by atoms with Gasteiger partial charge in [-0.05, 0) is 49.7 Å². The predicted octanol–water partition coefficient (Wildman–Crippen LogP) is 5.02. The zero-order chi connectivity index (χ0) is 30.4. The summed E-state index contributed by atoms with van der Waals surface area (Å²) in [6.45, 7) is 6.68. The first-order valence-electron chi connectivity index (χ1n) is 14.8. The fraction of sp³-hybridized carbons (Fsp3) is 0.406. The molecule has 230 valence electrons. The molecule has 0 N–H and O–H groups in total. The van der Waals surface area contributed by atoms with E-state index in [0.717, 1.165) is 49.7 Å². The third-order valence-electron chi connectivity index (χ3n) is 8.61. The minimum atomic E-state index is -0.583. The zero-order valence-corrected chi connectivity index (χ0v) is 25.3. The van der Waals surface area contributed by atoms with E-state index in [9.17, 15) is 9.18 Å². The molecule has 2 saturated heterocycles. The van der Waals surface area contributed by atoms with Crippen LogP contribution in [0.2, 0.25) is 5.02 Å². The van der Waals surface area contributed by atoms with Gasteiger partial charge >= 0.3 is 5.97 Å². The molecular formula is C32H33ClFN5O5. The minimum Gasteiger partial charge on any atom is -0.485 e. The van der Waals surface area contributed by atoms with Crippen molar-refractivity contribution in [1.29, 1.82) is 0 Å². The second-order valence-corrected chi connectivity index (χ2v) is 11.8. The van der Waals surface area contributed by atoms with Gasteiger partial charge in [0.25, 0.3) is 0 Å². The number of hydrogen-bond acceptors (Lipinski definition) is 9. The van der Waals surface area contributed by atoms with Crippen molar-refractivity contribution in [2.75, 3.05) is 44.9 Å². The van der Waals surface area contributed by atoms with Gasteiger partial charge in [-0.1, -0.05) is 23.7 Å². The minimum absolute atomic E-state index is 0.0978. The van der Waals surface area contributed by atoms with Crippen molar-refractivity contribution in [3.63, 3.8) is 0 Å². The lowest BCUT2D eigenvalue weighted by atomic mass is 10.1. The van der Waals surface area contributed by atoms with E-state index in [4.69, 9.17) is 35.5 Å². The number of hydrogen-bond donors (Lipinski definition) is 0. The third-order valence-corrected chi connectivity index (χ3v) is 8.85. The molecule has 0 unspecified atom stereocenters. The van der Waals surface area contributed by atoms with E-state index < -0.39 is 17.9 Å². The van der Waals surface area contributed by atoms with Gasteiger partial charge < -0.3 is 28.4 Å². The maximum absolute atomic E-state index is 14.7. The molecule has 5 heterocycles. The van der Waals surface area contributed by atoms with E-state index in [1.54, 1.807) is 18.2 Å². The quantitative estimate of drug-likeness (QED) is 0.264. The molecule has 0 bridgehead atoms. The number of anilines is 1. The summed E-state index contributed by atoms with van der Waals surface area (Å²) in [5.74, 6) is 1.25. The van der Waals surface area contributed by atoms with Crippen molar-refractivity contribution < 1.29 is 28.1 Å². The van der Waals surface area contributed by atoms with Gasteiger partial charge in [0.1, 0.15) is 23.8 Å². The number of carbonyl (C=O) groups is 1. The lowest BCUT2D eigenvalue weighted by Gasteiger charge is -2.42. The highest BCUT2D eigenvalue weighted by atomic mass is 35.5. The fourth-order valence-corrected chi connectivity index (χ4v) is 6.24. The number of halogens is 2. The molecule has 2 aromatic carbocycles. The van der Waals surface area contributed by atoms with E-state index in [1.807, 2.05) is 24.3 Å². The molecule has 0 amide bonds. The standard InChI is InChI=1S/C32H33ClFN5O5/c1-19-15-38(26-4-3-5-27-30(26)44-28(18-43-27)22-7-6-20(33)14-23(22)34)12-11-37(19)17-29-35-24-8-9-25(32(40)41-2)36-31(24)39(29)16-21-10-13-42-21/h3-9,14,19,21,28H,10-13,15-18H2,1-2H3/t19-,21-,28+/m0/s1. The molecule has 2 aromatic heterocycles. The highest BCUT2D eigenvalue weighted by molar-refractivity contribution is 6.30. The largest absolute Gasteiger partial charge is 0.485 e. The Hall–Kier alpha value is -3.93. The van der Waals surface area contributed by atoms with E-state index in [1.165, 1.54) is 13.2 Å². The van der Waals surface area contributed by atoms with Crippen LogP contribution in [0.1, 0.15) is 41.3 Å². The van der Waals surface area contributed by atoms with Crippen molar-refractivity contribution >= 4 is 34.4 Å². The molecule has 4 aromatic rings. The average Bonchev–Trinajstić information content (AvgIpc) is 3.34. The summed E-state index contributed by atoms with van der Waals surface area (Å²) in [5, 5.41) is 0.338. The van der Waals surface area contributed by atoms with Crippen LogP contribution in [0.25, 0.3) is 11.2 Å². The molecule has 7 rings (SSSR count). The van der Waals surface area contributed by atoms with Crippen LogP contribution in [0.5, 0.6) is 11.5 Å². The summed E-state index contributed by atoms with van der Waals surface area (Å²) in [4.78, 5) is 26.4. The Labute approximate surface area is 259 Å². The number of fused-ring (bicyclic) bond motifs is 2. The molecule has 3 aliphatic heterocycles. The molecule has 3 aliphatic rings. The number of para-hydroxylation sites is 1. The first-order chi connectivity index (χ1) is 21.4. The van der Waals surface area contributed by atoms with Gasteiger partial charge in [-0.2, -0.15) is 0 Å². The van der Waals surface area contributed by atoms with Gasteiger partial charge in [-0.15, -0.1) is 0 Å². The first-order valence-corrected chi connectivity index (χ1v) is 15.2. The molecule has 0 saturated carbocycles. The number of rotatable bonds is 7. The molecule has 2 fully saturated rings. The van der Waals surface area contributed by atoms with Crippen LogP contribution < -0.4 is 14.4 Å². The number of imidazole rings is 1. The molecule has 10 nitrogen and oxygen atoms in total. The molecule has 44 heavy (non-hydrogen) atoms. The molecule has 0 spiro atoms. The van der Waals surface area contributed by atoms with Crippen LogP contribution in [0.4, 0.5) is 10.1 Å². The van der Waals surface area contributed by atoms with Crippen LogP contribution in [0.3, 0.4) is 0 Å². The van der Waals surface area contributed by atoms with E-state index in [0.29, 0.717) is 40.8 Å². The number of esters is 1. The van der Waals surface area contributed by atoms with Gasteiger partial charge in [0.15, 0.2) is 28.9 Å². The number of methoxy groups -OCH3 is 1. The van der Waals surface area contributed by atoms with Crippen LogP contribution in [-0.2, 0) is 22.6 Å².